The average molecular weight is 176 g/mol. The Kier molecular flexibility index (Phi) is 2.52. The second kappa shape index (κ2) is 3.13. The molecule has 1 unspecified atom stereocenters. The molecular formula is C9H14F2O. The summed E-state index contributed by atoms with van der Waals surface area (Å²) in [7, 11) is 0. The highest BCUT2D eigenvalue weighted by molar-refractivity contribution is 5.11. The van der Waals surface area contributed by atoms with Crippen molar-refractivity contribution in [3.63, 3.8) is 0 Å². The van der Waals surface area contributed by atoms with Crippen LogP contribution in [-0.2, 0) is 0 Å². The molecule has 0 saturated heterocycles. The maximum Gasteiger partial charge on any atom is 0.266 e. The Morgan fingerprint density at radius 2 is 2.00 bits per heavy atom. The monoisotopic (exact) mass is 176 g/mol. The molecule has 0 aliphatic heterocycles. The molecule has 0 fully saturated rings. The van der Waals surface area contributed by atoms with Crippen molar-refractivity contribution in [2.75, 3.05) is 0 Å². The van der Waals surface area contributed by atoms with E-state index in [1.54, 1.807) is 0 Å². The third-order valence-electron chi connectivity index (χ3n) is 2.21. The van der Waals surface area contributed by atoms with Crippen molar-refractivity contribution < 1.29 is 13.9 Å². The summed E-state index contributed by atoms with van der Waals surface area (Å²) in [5, 5.41) is 9.68. The minimum atomic E-state index is -2.71. The van der Waals surface area contributed by atoms with E-state index < -0.39 is 11.5 Å². The highest BCUT2D eigenvalue weighted by Gasteiger charge is 2.36. The first-order valence-electron chi connectivity index (χ1n) is 4.28. The summed E-state index contributed by atoms with van der Waals surface area (Å²) in [6, 6.07) is 0. The van der Waals surface area contributed by atoms with Crippen molar-refractivity contribution in [2.45, 2.75) is 44.1 Å². The van der Waals surface area contributed by atoms with E-state index in [1.807, 2.05) is 6.92 Å². The van der Waals surface area contributed by atoms with Crippen LogP contribution in [0.25, 0.3) is 0 Å². The average Bonchev–Trinajstić information content (AvgIpc) is 1.98. The zero-order chi connectivity index (χ0) is 9.24. The molecule has 0 aromatic carbocycles. The Bertz CT molecular complexity index is 189. The standard InChI is InChI=1S/C9H14F2O/c1-2-3-8(12)4-6-9(10,11)7-5-8/h4,6,12H,2-3,5,7H2,1H3. The van der Waals surface area contributed by atoms with Gasteiger partial charge in [-0.3, -0.25) is 0 Å². The van der Waals surface area contributed by atoms with Gasteiger partial charge in [0.25, 0.3) is 5.92 Å². The van der Waals surface area contributed by atoms with Crippen LogP contribution >= 0.6 is 0 Å². The molecule has 1 rings (SSSR count). The zero-order valence-electron chi connectivity index (χ0n) is 7.19. The van der Waals surface area contributed by atoms with Crippen molar-refractivity contribution in [3.05, 3.63) is 12.2 Å². The van der Waals surface area contributed by atoms with Crippen LogP contribution < -0.4 is 0 Å². The number of alkyl halides is 2. The predicted octanol–water partition coefficient (Wildman–Crippen LogP) is 2.50. The lowest BCUT2D eigenvalue weighted by Crippen LogP contribution is -2.33. The van der Waals surface area contributed by atoms with Gasteiger partial charge in [0.2, 0.25) is 0 Å². The number of rotatable bonds is 2. The number of allylic oxidation sites excluding steroid dienone is 1. The van der Waals surface area contributed by atoms with Crippen molar-refractivity contribution in [1.82, 2.24) is 0 Å². The van der Waals surface area contributed by atoms with Gasteiger partial charge in [0.15, 0.2) is 0 Å². The Balaban J connectivity index is 2.63. The number of aliphatic hydroxyl groups is 1. The minimum Gasteiger partial charge on any atom is -0.386 e. The SMILES string of the molecule is CCCC1(O)C=CC(F)(F)CC1. The van der Waals surface area contributed by atoms with E-state index in [9.17, 15) is 13.9 Å². The molecule has 3 heteroatoms. The van der Waals surface area contributed by atoms with Crippen LogP contribution in [0.15, 0.2) is 12.2 Å². The number of hydrogen-bond donors (Lipinski definition) is 1. The summed E-state index contributed by atoms with van der Waals surface area (Å²) in [5.74, 6) is -2.71. The predicted molar refractivity (Wildman–Crippen MR) is 43.2 cm³/mol. The molecule has 0 bridgehead atoms. The third kappa shape index (κ3) is 2.27. The Morgan fingerprint density at radius 1 is 1.33 bits per heavy atom. The molecular weight excluding hydrogens is 162 g/mol. The van der Waals surface area contributed by atoms with Gasteiger partial charge >= 0.3 is 0 Å². The summed E-state index contributed by atoms with van der Waals surface area (Å²) in [6.45, 7) is 1.93. The van der Waals surface area contributed by atoms with Gasteiger partial charge in [-0.15, -0.1) is 0 Å². The fourth-order valence-electron chi connectivity index (χ4n) is 1.47. The van der Waals surface area contributed by atoms with Gasteiger partial charge < -0.3 is 5.11 Å². The molecule has 70 valence electrons. The van der Waals surface area contributed by atoms with Gasteiger partial charge in [-0.25, -0.2) is 8.78 Å². The molecule has 0 amide bonds. The first-order valence-corrected chi connectivity index (χ1v) is 4.28. The maximum atomic E-state index is 12.6. The Hall–Kier alpha value is -0.440. The molecule has 1 aliphatic carbocycles. The molecule has 1 N–H and O–H groups in total. The summed E-state index contributed by atoms with van der Waals surface area (Å²) >= 11 is 0. The quantitative estimate of drug-likeness (QED) is 0.641. The lowest BCUT2D eigenvalue weighted by atomic mass is 9.86. The molecule has 1 atom stereocenters. The fraction of sp³-hybridized carbons (Fsp3) is 0.778. The van der Waals surface area contributed by atoms with Crippen LogP contribution in [-0.4, -0.2) is 16.6 Å². The lowest BCUT2D eigenvalue weighted by molar-refractivity contribution is -0.0150. The van der Waals surface area contributed by atoms with Gasteiger partial charge in [-0.1, -0.05) is 19.4 Å². The van der Waals surface area contributed by atoms with E-state index in [2.05, 4.69) is 0 Å². The summed E-state index contributed by atoms with van der Waals surface area (Å²) in [5.41, 5.74) is -0.976. The first kappa shape index (κ1) is 9.65. The van der Waals surface area contributed by atoms with Crippen LogP contribution in [0, 0.1) is 0 Å². The molecule has 0 spiro atoms. The second-order valence-corrected chi connectivity index (χ2v) is 3.45. The molecule has 0 heterocycles. The van der Waals surface area contributed by atoms with E-state index in [0.29, 0.717) is 6.42 Å². The lowest BCUT2D eigenvalue weighted by Gasteiger charge is -2.30. The second-order valence-electron chi connectivity index (χ2n) is 3.45. The van der Waals surface area contributed by atoms with Gasteiger partial charge in [0, 0.05) is 6.42 Å². The molecule has 1 aliphatic rings. The van der Waals surface area contributed by atoms with E-state index in [-0.39, 0.29) is 12.8 Å². The largest absolute Gasteiger partial charge is 0.386 e. The summed E-state index contributed by atoms with van der Waals surface area (Å²) < 4.78 is 25.2. The maximum absolute atomic E-state index is 12.6. The van der Waals surface area contributed by atoms with E-state index in [0.717, 1.165) is 12.5 Å². The first-order chi connectivity index (χ1) is 5.47. The fourth-order valence-corrected chi connectivity index (χ4v) is 1.47. The highest BCUT2D eigenvalue weighted by Crippen LogP contribution is 2.34. The van der Waals surface area contributed by atoms with Gasteiger partial charge in [-0.05, 0) is 18.9 Å². The van der Waals surface area contributed by atoms with Crippen LogP contribution in [0.3, 0.4) is 0 Å². The number of halogens is 2. The topological polar surface area (TPSA) is 20.2 Å². The molecule has 1 nitrogen and oxygen atoms in total. The van der Waals surface area contributed by atoms with Crippen molar-refractivity contribution in [2.24, 2.45) is 0 Å². The summed E-state index contributed by atoms with van der Waals surface area (Å²) in [6.07, 6.45) is 3.39. The van der Waals surface area contributed by atoms with Gasteiger partial charge in [-0.2, -0.15) is 0 Å². The van der Waals surface area contributed by atoms with Crippen molar-refractivity contribution >= 4 is 0 Å². The molecule has 0 radical (unpaired) electrons. The highest BCUT2D eigenvalue weighted by atomic mass is 19.3. The van der Waals surface area contributed by atoms with Crippen LogP contribution in [0.1, 0.15) is 32.6 Å². The van der Waals surface area contributed by atoms with E-state index in [1.165, 1.54) is 6.08 Å². The smallest absolute Gasteiger partial charge is 0.266 e. The molecule has 0 saturated carbocycles. The minimum absolute atomic E-state index is 0.171. The molecule has 12 heavy (non-hydrogen) atoms. The Labute approximate surface area is 71.1 Å². The van der Waals surface area contributed by atoms with E-state index in [4.69, 9.17) is 0 Å². The zero-order valence-corrected chi connectivity index (χ0v) is 7.19. The van der Waals surface area contributed by atoms with Crippen molar-refractivity contribution in [1.29, 1.82) is 0 Å². The van der Waals surface area contributed by atoms with Crippen molar-refractivity contribution in [3.8, 4) is 0 Å². The van der Waals surface area contributed by atoms with Crippen LogP contribution in [0.2, 0.25) is 0 Å². The molecule has 0 aromatic rings. The number of hydrogen-bond acceptors (Lipinski definition) is 1. The van der Waals surface area contributed by atoms with Gasteiger partial charge in [0.1, 0.15) is 0 Å². The van der Waals surface area contributed by atoms with Crippen LogP contribution in [0.5, 0.6) is 0 Å². The normalized spacial score (nSPS) is 33.7. The Morgan fingerprint density at radius 3 is 2.42 bits per heavy atom. The third-order valence-corrected chi connectivity index (χ3v) is 2.21. The van der Waals surface area contributed by atoms with Crippen LogP contribution in [0.4, 0.5) is 8.78 Å². The molecule has 0 aromatic heterocycles. The van der Waals surface area contributed by atoms with Gasteiger partial charge in [0.05, 0.1) is 5.60 Å². The summed E-state index contributed by atoms with van der Waals surface area (Å²) in [4.78, 5) is 0. The van der Waals surface area contributed by atoms with E-state index >= 15 is 0 Å².